The fourth-order valence-electron chi connectivity index (χ4n) is 4.08. The lowest BCUT2D eigenvalue weighted by Crippen LogP contribution is -2.46. The number of nitrogens with one attached hydrogen (secondary N) is 1. The molecule has 1 saturated heterocycles. The van der Waals surface area contributed by atoms with Crippen LogP contribution in [-0.4, -0.2) is 46.1 Å². The third-order valence-corrected chi connectivity index (χ3v) is 5.71. The van der Waals surface area contributed by atoms with E-state index in [1.54, 1.807) is 4.90 Å². The molecule has 2 atom stereocenters. The van der Waals surface area contributed by atoms with Crippen molar-refractivity contribution in [2.45, 2.75) is 65.5 Å². The Morgan fingerprint density at radius 2 is 1.86 bits per heavy atom. The predicted molar refractivity (Wildman–Crippen MR) is 108 cm³/mol. The molecule has 1 aromatic heterocycles. The number of rotatable bonds is 5. The third kappa shape index (κ3) is 4.83. The predicted octanol–water partition coefficient (Wildman–Crippen LogP) is 3.33. The first-order chi connectivity index (χ1) is 13.0. The largest absolute Gasteiger partial charge is 0.444 e. The molecule has 1 aliphatic carbocycles. The second-order valence-corrected chi connectivity index (χ2v) is 9.88. The summed E-state index contributed by atoms with van der Waals surface area (Å²) in [6, 6.07) is 4.01. The number of likely N-dealkylation sites (tertiary alicyclic amines) is 1. The van der Waals surface area contributed by atoms with Crippen LogP contribution in [0.3, 0.4) is 0 Å². The lowest BCUT2D eigenvalue weighted by atomic mass is 9.95. The zero-order chi connectivity index (χ0) is 20.7. The highest BCUT2D eigenvalue weighted by Gasteiger charge is 2.60. The SMILES string of the molecule is Cc1cccnc1CCC(C)(C)NC(=O)C1C2CN(C(=O)OC(C)(C)C)CC21. The standard InChI is InChI=1S/C22H33N3O3/c1-14-8-7-11-23-17(14)9-10-22(5,6)24-19(26)18-15-12-25(13-16(15)18)20(27)28-21(2,3)4/h7-8,11,15-16,18H,9-10,12-13H2,1-6H3,(H,24,26). The normalized spacial score (nSPS) is 23.9. The monoisotopic (exact) mass is 387 g/mol. The summed E-state index contributed by atoms with van der Waals surface area (Å²) in [5, 5.41) is 3.22. The molecule has 2 unspecified atom stereocenters. The summed E-state index contributed by atoms with van der Waals surface area (Å²) in [6.45, 7) is 13.0. The van der Waals surface area contributed by atoms with Crippen molar-refractivity contribution in [2.75, 3.05) is 13.1 Å². The van der Waals surface area contributed by atoms with Crippen molar-refractivity contribution in [3.8, 4) is 0 Å². The molecule has 0 spiro atoms. The van der Waals surface area contributed by atoms with Gasteiger partial charge in [-0.15, -0.1) is 0 Å². The van der Waals surface area contributed by atoms with Crippen LogP contribution in [0.4, 0.5) is 4.79 Å². The molecular weight excluding hydrogens is 354 g/mol. The van der Waals surface area contributed by atoms with Gasteiger partial charge in [-0.05, 0) is 77.8 Å². The average molecular weight is 388 g/mol. The zero-order valence-electron chi connectivity index (χ0n) is 17.9. The Kier molecular flexibility index (Phi) is 5.43. The summed E-state index contributed by atoms with van der Waals surface area (Å²) in [5.74, 6) is 0.666. The van der Waals surface area contributed by atoms with E-state index in [0.717, 1.165) is 18.5 Å². The van der Waals surface area contributed by atoms with Crippen molar-refractivity contribution in [2.24, 2.45) is 17.8 Å². The van der Waals surface area contributed by atoms with Crippen LogP contribution in [0.25, 0.3) is 0 Å². The average Bonchev–Trinajstić information content (AvgIpc) is 3.07. The highest BCUT2D eigenvalue weighted by molar-refractivity contribution is 5.84. The summed E-state index contributed by atoms with van der Waals surface area (Å²) in [5.41, 5.74) is 1.49. The van der Waals surface area contributed by atoms with Crippen LogP contribution in [0.1, 0.15) is 52.3 Å². The van der Waals surface area contributed by atoms with E-state index in [2.05, 4.69) is 37.1 Å². The molecule has 28 heavy (non-hydrogen) atoms. The van der Waals surface area contributed by atoms with Gasteiger partial charge in [0.25, 0.3) is 0 Å². The molecule has 6 heteroatoms. The maximum Gasteiger partial charge on any atom is 0.410 e. The molecule has 0 aromatic carbocycles. The van der Waals surface area contributed by atoms with E-state index in [1.807, 2.05) is 33.0 Å². The van der Waals surface area contributed by atoms with E-state index >= 15 is 0 Å². The van der Waals surface area contributed by atoms with Crippen LogP contribution in [-0.2, 0) is 16.0 Å². The van der Waals surface area contributed by atoms with Gasteiger partial charge < -0.3 is 15.0 Å². The molecule has 2 fully saturated rings. The van der Waals surface area contributed by atoms with Crippen LogP contribution in [0.2, 0.25) is 0 Å². The third-order valence-electron chi connectivity index (χ3n) is 5.71. The Hall–Kier alpha value is -2.11. The Morgan fingerprint density at radius 1 is 1.21 bits per heavy atom. The molecule has 2 heterocycles. The van der Waals surface area contributed by atoms with Gasteiger partial charge in [0.2, 0.25) is 5.91 Å². The number of aryl methyl sites for hydroxylation is 2. The fourth-order valence-corrected chi connectivity index (χ4v) is 4.08. The Bertz CT molecular complexity index is 742. The van der Waals surface area contributed by atoms with Gasteiger partial charge in [-0.25, -0.2) is 4.79 Å². The van der Waals surface area contributed by atoms with E-state index in [9.17, 15) is 9.59 Å². The molecule has 0 bridgehead atoms. The van der Waals surface area contributed by atoms with Crippen molar-refractivity contribution in [3.63, 3.8) is 0 Å². The van der Waals surface area contributed by atoms with Gasteiger partial charge in [-0.3, -0.25) is 9.78 Å². The molecule has 3 rings (SSSR count). The molecule has 154 valence electrons. The lowest BCUT2D eigenvalue weighted by Gasteiger charge is -2.28. The molecule has 2 amide bonds. The van der Waals surface area contributed by atoms with Crippen molar-refractivity contribution >= 4 is 12.0 Å². The molecule has 1 aliphatic heterocycles. The summed E-state index contributed by atoms with van der Waals surface area (Å²) in [4.78, 5) is 31.1. The summed E-state index contributed by atoms with van der Waals surface area (Å²) in [7, 11) is 0. The summed E-state index contributed by atoms with van der Waals surface area (Å²) in [6.07, 6.45) is 3.22. The van der Waals surface area contributed by atoms with Gasteiger partial charge in [0, 0.05) is 36.4 Å². The Balaban J connectivity index is 1.46. The van der Waals surface area contributed by atoms with Crippen LogP contribution in [0.5, 0.6) is 0 Å². The molecule has 0 radical (unpaired) electrons. The number of hydrogen-bond acceptors (Lipinski definition) is 4. The smallest absolute Gasteiger partial charge is 0.410 e. The van der Waals surface area contributed by atoms with E-state index in [0.29, 0.717) is 13.1 Å². The minimum absolute atomic E-state index is 0.0227. The van der Waals surface area contributed by atoms with Gasteiger partial charge in [-0.1, -0.05) is 6.07 Å². The topological polar surface area (TPSA) is 71.5 Å². The molecule has 1 N–H and O–H groups in total. The van der Waals surface area contributed by atoms with E-state index < -0.39 is 5.60 Å². The lowest BCUT2D eigenvalue weighted by molar-refractivity contribution is -0.125. The number of carbonyl (C=O) groups is 2. The van der Waals surface area contributed by atoms with Crippen molar-refractivity contribution in [1.29, 1.82) is 0 Å². The Morgan fingerprint density at radius 3 is 2.43 bits per heavy atom. The number of nitrogens with zero attached hydrogens (tertiary/aromatic N) is 2. The number of fused-ring (bicyclic) bond motifs is 1. The fraction of sp³-hybridized carbons (Fsp3) is 0.682. The van der Waals surface area contributed by atoms with Gasteiger partial charge >= 0.3 is 6.09 Å². The number of hydrogen-bond donors (Lipinski definition) is 1. The minimum Gasteiger partial charge on any atom is -0.444 e. The van der Waals surface area contributed by atoms with Gasteiger partial charge in [0.1, 0.15) is 5.60 Å². The van der Waals surface area contributed by atoms with Crippen molar-refractivity contribution < 1.29 is 14.3 Å². The highest BCUT2D eigenvalue weighted by Crippen LogP contribution is 2.52. The summed E-state index contributed by atoms with van der Waals surface area (Å²) >= 11 is 0. The molecule has 6 nitrogen and oxygen atoms in total. The van der Waals surface area contributed by atoms with Gasteiger partial charge in [0.05, 0.1) is 0 Å². The van der Waals surface area contributed by atoms with Crippen molar-refractivity contribution in [1.82, 2.24) is 15.2 Å². The number of amides is 2. The first-order valence-electron chi connectivity index (χ1n) is 10.2. The number of aromatic nitrogens is 1. The van der Waals surface area contributed by atoms with E-state index in [4.69, 9.17) is 4.74 Å². The van der Waals surface area contributed by atoms with E-state index in [1.165, 1.54) is 5.56 Å². The molecule has 2 aliphatic rings. The number of pyridine rings is 1. The maximum absolute atomic E-state index is 12.8. The Labute approximate surface area is 168 Å². The van der Waals surface area contributed by atoms with Crippen LogP contribution in [0.15, 0.2) is 18.3 Å². The van der Waals surface area contributed by atoms with Crippen LogP contribution >= 0.6 is 0 Å². The molecule has 1 saturated carbocycles. The van der Waals surface area contributed by atoms with Gasteiger partial charge in [0.15, 0.2) is 0 Å². The highest BCUT2D eigenvalue weighted by atomic mass is 16.6. The second kappa shape index (κ2) is 7.37. The summed E-state index contributed by atoms with van der Waals surface area (Å²) < 4.78 is 5.43. The van der Waals surface area contributed by atoms with Crippen molar-refractivity contribution in [3.05, 3.63) is 29.6 Å². The maximum atomic E-state index is 12.8. The zero-order valence-corrected chi connectivity index (χ0v) is 17.9. The first kappa shape index (κ1) is 20.6. The minimum atomic E-state index is -0.489. The first-order valence-corrected chi connectivity index (χ1v) is 10.2. The quantitative estimate of drug-likeness (QED) is 0.841. The second-order valence-electron chi connectivity index (χ2n) is 9.88. The number of carbonyl (C=O) groups excluding carboxylic acids is 2. The van der Waals surface area contributed by atoms with Crippen LogP contribution in [0, 0.1) is 24.7 Å². The van der Waals surface area contributed by atoms with Crippen LogP contribution < -0.4 is 5.32 Å². The van der Waals surface area contributed by atoms with E-state index in [-0.39, 0.29) is 35.3 Å². The number of piperidine rings is 1. The van der Waals surface area contributed by atoms with Gasteiger partial charge in [-0.2, -0.15) is 0 Å². The molecule has 1 aromatic rings. The molecular formula is C22H33N3O3. The number of ether oxygens (including phenoxy) is 1.